The van der Waals surface area contributed by atoms with Crippen molar-refractivity contribution in [3.63, 3.8) is 0 Å². The Balaban J connectivity index is 2.01. The van der Waals surface area contributed by atoms with Crippen LogP contribution in [0.25, 0.3) is 0 Å². The zero-order valence-corrected chi connectivity index (χ0v) is 12.3. The highest BCUT2D eigenvalue weighted by molar-refractivity contribution is 7.99. The Kier molecular flexibility index (Phi) is 4.70. The van der Waals surface area contributed by atoms with E-state index in [-0.39, 0.29) is 28.1 Å². The van der Waals surface area contributed by atoms with E-state index in [9.17, 15) is 14.9 Å². The van der Waals surface area contributed by atoms with Gasteiger partial charge in [-0.25, -0.2) is 4.68 Å². The largest absolute Gasteiger partial charge is 0.324 e. The van der Waals surface area contributed by atoms with Crippen LogP contribution in [-0.4, -0.2) is 36.8 Å². The zero-order valence-electron chi connectivity index (χ0n) is 10.7. The molecular formula is C10H9ClN6O3S. The van der Waals surface area contributed by atoms with Crippen LogP contribution in [0.3, 0.4) is 0 Å². The number of benzene rings is 1. The number of anilines is 1. The molecule has 2 rings (SSSR count). The van der Waals surface area contributed by atoms with Crippen LogP contribution >= 0.6 is 23.4 Å². The molecule has 1 aromatic carbocycles. The summed E-state index contributed by atoms with van der Waals surface area (Å²) in [5.74, 6) is -0.321. The van der Waals surface area contributed by atoms with E-state index < -0.39 is 4.92 Å². The van der Waals surface area contributed by atoms with Crippen molar-refractivity contribution in [2.45, 2.75) is 5.16 Å². The van der Waals surface area contributed by atoms with Gasteiger partial charge in [-0.2, -0.15) is 0 Å². The number of tetrazole rings is 1. The number of nitro benzene ring substituents is 1. The highest BCUT2D eigenvalue weighted by Crippen LogP contribution is 2.27. The van der Waals surface area contributed by atoms with Crippen molar-refractivity contribution in [1.29, 1.82) is 0 Å². The lowest BCUT2D eigenvalue weighted by atomic mass is 10.3. The number of hydrogen-bond donors (Lipinski definition) is 1. The molecule has 0 fully saturated rings. The average Bonchev–Trinajstić information content (AvgIpc) is 2.84. The van der Waals surface area contributed by atoms with Crippen LogP contribution in [0.4, 0.5) is 11.4 Å². The fraction of sp³-hybridized carbons (Fsp3) is 0.200. The molecule has 1 amide bonds. The number of halogens is 1. The molecular weight excluding hydrogens is 320 g/mol. The molecule has 0 atom stereocenters. The molecule has 21 heavy (non-hydrogen) atoms. The van der Waals surface area contributed by atoms with Crippen molar-refractivity contribution in [2.75, 3.05) is 11.1 Å². The molecule has 0 saturated heterocycles. The molecule has 0 bridgehead atoms. The van der Waals surface area contributed by atoms with E-state index in [4.69, 9.17) is 11.6 Å². The topological polar surface area (TPSA) is 116 Å². The molecule has 0 saturated carbocycles. The first-order valence-corrected chi connectivity index (χ1v) is 6.92. The van der Waals surface area contributed by atoms with Crippen molar-refractivity contribution in [1.82, 2.24) is 20.2 Å². The van der Waals surface area contributed by atoms with E-state index in [1.807, 2.05) is 0 Å². The molecule has 1 N–H and O–H groups in total. The van der Waals surface area contributed by atoms with Gasteiger partial charge in [-0.3, -0.25) is 14.9 Å². The van der Waals surface area contributed by atoms with Gasteiger partial charge in [-0.05, 0) is 16.5 Å². The number of amides is 1. The standard InChI is InChI=1S/C10H9ClN6O3S/c1-16-10(13-14-15-16)21-5-9(18)12-8-4-6(17(19)20)2-3-7(8)11/h2-4H,5H2,1H3,(H,12,18). The number of carbonyl (C=O) groups excluding carboxylic acids is 1. The Bertz CT molecular complexity index is 691. The van der Waals surface area contributed by atoms with Gasteiger partial charge in [0.15, 0.2) is 0 Å². The molecule has 0 aliphatic carbocycles. The smallest absolute Gasteiger partial charge is 0.271 e. The Morgan fingerprint density at radius 3 is 2.95 bits per heavy atom. The normalized spacial score (nSPS) is 10.4. The van der Waals surface area contributed by atoms with Crippen molar-refractivity contribution in [3.05, 3.63) is 33.3 Å². The first kappa shape index (κ1) is 15.2. The minimum Gasteiger partial charge on any atom is -0.324 e. The van der Waals surface area contributed by atoms with Gasteiger partial charge in [-0.15, -0.1) is 5.10 Å². The van der Waals surface area contributed by atoms with E-state index in [0.29, 0.717) is 5.16 Å². The van der Waals surface area contributed by atoms with Crippen LogP contribution in [0.15, 0.2) is 23.4 Å². The summed E-state index contributed by atoms with van der Waals surface area (Å²) in [4.78, 5) is 21.9. The summed E-state index contributed by atoms with van der Waals surface area (Å²) in [7, 11) is 1.65. The zero-order chi connectivity index (χ0) is 15.4. The number of nitrogens with zero attached hydrogens (tertiary/aromatic N) is 5. The summed E-state index contributed by atoms with van der Waals surface area (Å²) in [6.07, 6.45) is 0. The lowest BCUT2D eigenvalue weighted by Gasteiger charge is -2.06. The maximum Gasteiger partial charge on any atom is 0.271 e. The predicted octanol–water partition coefficient (Wildman–Crippen LogP) is 1.50. The van der Waals surface area contributed by atoms with Gasteiger partial charge in [0.05, 0.1) is 21.4 Å². The summed E-state index contributed by atoms with van der Waals surface area (Å²) in [5.41, 5.74) is 0.0346. The Labute approximate surface area is 127 Å². The fourth-order valence-corrected chi connectivity index (χ4v) is 2.20. The lowest BCUT2D eigenvalue weighted by molar-refractivity contribution is -0.384. The number of nitrogens with one attached hydrogen (secondary N) is 1. The minimum atomic E-state index is -0.564. The predicted molar refractivity (Wildman–Crippen MR) is 76.3 cm³/mol. The number of thioether (sulfide) groups is 1. The van der Waals surface area contributed by atoms with Crippen molar-refractivity contribution < 1.29 is 9.72 Å². The summed E-state index contributed by atoms with van der Waals surface area (Å²) < 4.78 is 1.43. The highest BCUT2D eigenvalue weighted by atomic mass is 35.5. The molecule has 2 aromatic rings. The van der Waals surface area contributed by atoms with Crippen molar-refractivity contribution >= 4 is 40.6 Å². The fourth-order valence-electron chi connectivity index (χ4n) is 1.38. The summed E-state index contributed by atoms with van der Waals surface area (Å²) in [6.45, 7) is 0. The monoisotopic (exact) mass is 328 g/mol. The first-order valence-electron chi connectivity index (χ1n) is 5.56. The second-order valence-corrected chi connectivity index (χ2v) is 5.19. The molecule has 1 heterocycles. The number of aryl methyl sites for hydroxylation is 1. The molecule has 0 spiro atoms. The third-order valence-corrected chi connectivity index (χ3v) is 3.69. The van der Waals surface area contributed by atoms with E-state index in [2.05, 4.69) is 20.8 Å². The summed E-state index contributed by atoms with van der Waals surface area (Å²) >= 11 is 7.02. The lowest BCUT2D eigenvalue weighted by Crippen LogP contribution is -2.15. The van der Waals surface area contributed by atoms with Gasteiger partial charge in [0.1, 0.15) is 0 Å². The van der Waals surface area contributed by atoms with E-state index in [1.165, 1.54) is 22.9 Å². The van der Waals surface area contributed by atoms with Crippen LogP contribution in [0.1, 0.15) is 0 Å². The highest BCUT2D eigenvalue weighted by Gasteiger charge is 2.13. The quantitative estimate of drug-likeness (QED) is 0.502. The molecule has 0 aliphatic rings. The minimum absolute atomic E-state index is 0.0488. The third-order valence-electron chi connectivity index (χ3n) is 2.35. The van der Waals surface area contributed by atoms with Gasteiger partial charge in [0, 0.05) is 19.2 Å². The van der Waals surface area contributed by atoms with Gasteiger partial charge in [0.25, 0.3) is 5.69 Å². The molecule has 110 valence electrons. The number of carbonyl (C=O) groups is 1. The molecule has 9 nitrogen and oxygen atoms in total. The van der Waals surface area contributed by atoms with Gasteiger partial charge >= 0.3 is 0 Å². The number of rotatable bonds is 5. The van der Waals surface area contributed by atoms with Gasteiger partial charge in [-0.1, -0.05) is 23.4 Å². The van der Waals surface area contributed by atoms with Crippen LogP contribution in [0.2, 0.25) is 5.02 Å². The first-order chi connectivity index (χ1) is 9.97. The number of hydrogen-bond acceptors (Lipinski definition) is 7. The maximum atomic E-state index is 11.8. The molecule has 1 aromatic heterocycles. The van der Waals surface area contributed by atoms with Crippen LogP contribution in [-0.2, 0) is 11.8 Å². The Morgan fingerprint density at radius 2 is 2.33 bits per heavy atom. The number of non-ortho nitro benzene ring substituents is 1. The van der Waals surface area contributed by atoms with Gasteiger partial charge < -0.3 is 5.32 Å². The second kappa shape index (κ2) is 6.50. The molecule has 0 unspecified atom stereocenters. The Morgan fingerprint density at radius 1 is 1.57 bits per heavy atom. The molecule has 0 aliphatic heterocycles. The summed E-state index contributed by atoms with van der Waals surface area (Å²) in [5, 5.41) is 24.7. The van der Waals surface area contributed by atoms with E-state index >= 15 is 0 Å². The summed E-state index contributed by atoms with van der Waals surface area (Å²) in [6, 6.07) is 3.82. The maximum absolute atomic E-state index is 11.8. The third kappa shape index (κ3) is 3.89. The van der Waals surface area contributed by atoms with Crippen molar-refractivity contribution in [3.8, 4) is 0 Å². The number of aromatic nitrogens is 4. The van der Waals surface area contributed by atoms with E-state index in [0.717, 1.165) is 11.8 Å². The SMILES string of the molecule is Cn1nnnc1SCC(=O)Nc1cc([N+](=O)[O-])ccc1Cl. The van der Waals surface area contributed by atoms with Crippen LogP contribution in [0.5, 0.6) is 0 Å². The van der Waals surface area contributed by atoms with E-state index in [1.54, 1.807) is 7.05 Å². The molecule has 0 radical (unpaired) electrons. The number of nitro groups is 1. The molecule has 11 heteroatoms. The van der Waals surface area contributed by atoms with Gasteiger partial charge in [0.2, 0.25) is 11.1 Å². The Hall–Kier alpha value is -2.20. The van der Waals surface area contributed by atoms with Crippen molar-refractivity contribution in [2.24, 2.45) is 7.05 Å². The van der Waals surface area contributed by atoms with Crippen LogP contribution < -0.4 is 5.32 Å². The van der Waals surface area contributed by atoms with Crippen LogP contribution in [0, 0.1) is 10.1 Å². The second-order valence-electron chi connectivity index (χ2n) is 3.84. The average molecular weight is 329 g/mol.